The number of benzene rings is 1. The van der Waals surface area contributed by atoms with E-state index in [4.69, 9.17) is 0 Å². The van der Waals surface area contributed by atoms with Crippen molar-refractivity contribution in [1.29, 1.82) is 0 Å². The molecule has 8 heteroatoms. The molecule has 0 aromatic heterocycles. The molecule has 2 atom stereocenters. The number of carbonyl (C=O) groups is 3. The highest BCUT2D eigenvalue weighted by Crippen LogP contribution is 2.29. The van der Waals surface area contributed by atoms with Gasteiger partial charge in [-0.2, -0.15) is 0 Å². The van der Waals surface area contributed by atoms with E-state index in [0.29, 0.717) is 13.0 Å². The van der Waals surface area contributed by atoms with Crippen LogP contribution in [-0.2, 0) is 9.59 Å². The van der Waals surface area contributed by atoms with Gasteiger partial charge in [0.05, 0.1) is 12.1 Å². The first kappa shape index (κ1) is 16.0. The van der Waals surface area contributed by atoms with Crippen molar-refractivity contribution in [1.82, 2.24) is 14.7 Å². The number of piperazine rings is 2. The smallest absolute Gasteiger partial charge is 0.257 e. The summed E-state index contributed by atoms with van der Waals surface area (Å²) in [5, 5.41) is 0. The largest absolute Gasteiger partial charge is 0.334 e. The van der Waals surface area contributed by atoms with E-state index in [-0.39, 0.29) is 43.1 Å². The van der Waals surface area contributed by atoms with Gasteiger partial charge in [0.2, 0.25) is 11.8 Å². The molecule has 1 aromatic carbocycles. The summed E-state index contributed by atoms with van der Waals surface area (Å²) in [6.07, 6.45) is 1.46. The Balaban J connectivity index is 1.57. The van der Waals surface area contributed by atoms with Crippen molar-refractivity contribution in [3.63, 3.8) is 0 Å². The second-order valence-corrected chi connectivity index (χ2v) is 6.61. The van der Waals surface area contributed by atoms with E-state index in [0.717, 1.165) is 24.6 Å². The molecule has 0 radical (unpaired) electrons. The molecule has 3 saturated heterocycles. The number of amides is 3. The Morgan fingerprint density at radius 3 is 2.52 bits per heavy atom. The highest BCUT2D eigenvalue weighted by molar-refractivity contribution is 5.99. The van der Waals surface area contributed by atoms with Crippen molar-refractivity contribution < 1.29 is 23.2 Å². The molecule has 3 amide bonds. The Morgan fingerprint density at radius 1 is 1.00 bits per heavy atom. The summed E-state index contributed by atoms with van der Waals surface area (Å²) in [5.41, 5.74) is -0.359. The highest BCUT2D eigenvalue weighted by Gasteiger charge is 2.50. The van der Waals surface area contributed by atoms with Crippen LogP contribution in [0.4, 0.5) is 8.78 Å². The van der Waals surface area contributed by atoms with Gasteiger partial charge in [-0.05, 0) is 31.0 Å². The van der Waals surface area contributed by atoms with Crippen molar-refractivity contribution in [3.8, 4) is 0 Å². The Hall–Kier alpha value is -2.51. The van der Waals surface area contributed by atoms with Crippen molar-refractivity contribution >= 4 is 17.7 Å². The molecule has 0 saturated carbocycles. The maximum absolute atomic E-state index is 13.9. The lowest BCUT2D eigenvalue weighted by Crippen LogP contribution is -2.69. The number of rotatable bonds is 1. The van der Waals surface area contributed by atoms with Crippen LogP contribution in [0.2, 0.25) is 0 Å². The fourth-order valence-electron chi connectivity index (χ4n) is 3.94. The van der Waals surface area contributed by atoms with Crippen LogP contribution >= 0.6 is 0 Å². The number of fused-ring (bicyclic) bond motifs is 2. The van der Waals surface area contributed by atoms with Crippen LogP contribution in [0.5, 0.6) is 0 Å². The molecule has 132 valence electrons. The number of nitrogens with zero attached hydrogens (tertiary/aromatic N) is 3. The third-order valence-corrected chi connectivity index (χ3v) is 5.22. The number of hydrogen-bond acceptors (Lipinski definition) is 3. The van der Waals surface area contributed by atoms with Gasteiger partial charge in [-0.15, -0.1) is 0 Å². The Labute approximate surface area is 143 Å². The van der Waals surface area contributed by atoms with Crippen LogP contribution < -0.4 is 0 Å². The van der Waals surface area contributed by atoms with E-state index in [2.05, 4.69) is 0 Å². The molecule has 4 rings (SSSR count). The van der Waals surface area contributed by atoms with E-state index in [1.54, 1.807) is 4.90 Å². The summed E-state index contributed by atoms with van der Waals surface area (Å²) in [4.78, 5) is 42.2. The zero-order valence-corrected chi connectivity index (χ0v) is 13.5. The van der Waals surface area contributed by atoms with E-state index in [1.807, 2.05) is 0 Å². The van der Waals surface area contributed by atoms with Crippen molar-refractivity contribution in [2.45, 2.75) is 24.9 Å². The van der Waals surface area contributed by atoms with Crippen LogP contribution in [0.25, 0.3) is 0 Å². The molecule has 0 aliphatic carbocycles. The summed E-state index contributed by atoms with van der Waals surface area (Å²) in [7, 11) is 0. The quantitative estimate of drug-likeness (QED) is 0.747. The van der Waals surface area contributed by atoms with Crippen LogP contribution in [0.1, 0.15) is 23.2 Å². The molecule has 0 bridgehead atoms. The van der Waals surface area contributed by atoms with Crippen molar-refractivity contribution in [2.24, 2.45) is 0 Å². The highest BCUT2D eigenvalue weighted by atomic mass is 19.1. The molecule has 3 fully saturated rings. The first-order chi connectivity index (χ1) is 12.0. The molecule has 6 nitrogen and oxygen atoms in total. The molecular weight excluding hydrogens is 332 g/mol. The first-order valence-corrected chi connectivity index (χ1v) is 8.32. The van der Waals surface area contributed by atoms with E-state index < -0.39 is 23.6 Å². The number of hydrogen-bond donors (Lipinski definition) is 0. The van der Waals surface area contributed by atoms with Crippen LogP contribution in [-0.4, -0.2) is 70.7 Å². The fraction of sp³-hybridized carbons (Fsp3) is 0.471. The van der Waals surface area contributed by atoms with Crippen LogP contribution in [0.3, 0.4) is 0 Å². The molecule has 3 heterocycles. The van der Waals surface area contributed by atoms with Gasteiger partial charge >= 0.3 is 0 Å². The predicted molar refractivity (Wildman–Crippen MR) is 82.5 cm³/mol. The van der Waals surface area contributed by atoms with Gasteiger partial charge in [0, 0.05) is 19.6 Å². The molecule has 3 aliphatic rings. The Kier molecular flexibility index (Phi) is 3.70. The zero-order chi connectivity index (χ0) is 17.7. The van der Waals surface area contributed by atoms with Crippen molar-refractivity contribution in [3.05, 3.63) is 35.4 Å². The summed E-state index contributed by atoms with van der Waals surface area (Å²) in [5.74, 6) is -2.42. The van der Waals surface area contributed by atoms with Gasteiger partial charge in [0.25, 0.3) is 5.91 Å². The average molecular weight is 349 g/mol. The van der Waals surface area contributed by atoms with E-state index in [1.165, 1.54) is 9.80 Å². The Bertz CT molecular complexity index is 770. The lowest BCUT2D eigenvalue weighted by atomic mass is 10.0. The number of carbonyl (C=O) groups excluding carboxylic acids is 3. The topological polar surface area (TPSA) is 60.9 Å². The molecule has 25 heavy (non-hydrogen) atoms. The van der Waals surface area contributed by atoms with Gasteiger partial charge in [-0.1, -0.05) is 0 Å². The zero-order valence-electron chi connectivity index (χ0n) is 13.5. The third-order valence-electron chi connectivity index (χ3n) is 5.22. The minimum absolute atomic E-state index is 0.00256. The maximum Gasteiger partial charge on any atom is 0.257 e. The molecule has 0 spiro atoms. The normalized spacial score (nSPS) is 25.9. The standard InChI is InChI=1S/C17H17F2N3O3/c18-10-3-4-12(19)11(8-10)15(23)20-6-7-22-14(9-20)17(25)21-5-1-2-13(21)16(22)24/h3-4,8,13-14H,1-2,5-7,9H2/t13-,14+/m0/s1. The van der Waals surface area contributed by atoms with Gasteiger partial charge in [-0.3, -0.25) is 14.4 Å². The SMILES string of the molecule is O=C(c1cc(F)ccc1F)N1CCN2C(=O)[C@@H]3CCCN3C(=O)[C@H]2C1. The predicted octanol–water partition coefficient (Wildman–Crippen LogP) is 0.622. The Morgan fingerprint density at radius 2 is 1.72 bits per heavy atom. The van der Waals surface area contributed by atoms with E-state index >= 15 is 0 Å². The summed E-state index contributed by atoms with van der Waals surface area (Å²) in [6, 6.07) is 1.58. The minimum atomic E-state index is -0.806. The summed E-state index contributed by atoms with van der Waals surface area (Å²) >= 11 is 0. The van der Waals surface area contributed by atoms with Crippen LogP contribution in [0, 0.1) is 11.6 Å². The van der Waals surface area contributed by atoms with Gasteiger partial charge < -0.3 is 14.7 Å². The second kappa shape index (κ2) is 5.79. The van der Waals surface area contributed by atoms with E-state index in [9.17, 15) is 23.2 Å². The average Bonchev–Trinajstić information content (AvgIpc) is 3.11. The molecule has 1 aromatic rings. The lowest BCUT2D eigenvalue weighted by Gasteiger charge is -2.47. The molecule has 0 N–H and O–H groups in total. The van der Waals surface area contributed by atoms with Gasteiger partial charge in [0.15, 0.2) is 0 Å². The summed E-state index contributed by atoms with van der Waals surface area (Å²) < 4.78 is 27.2. The fourth-order valence-corrected chi connectivity index (χ4v) is 3.94. The number of halogens is 2. The monoisotopic (exact) mass is 349 g/mol. The van der Waals surface area contributed by atoms with Crippen LogP contribution in [0.15, 0.2) is 18.2 Å². The molecule has 0 unspecified atom stereocenters. The third kappa shape index (κ3) is 2.47. The summed E-state index contributed by atoms with van der Waals surface area (Å²) in [6.45, 7) is 0.966. The minimum Gasteiger partial charge on any atom is -0.334 e. The maximum atomic E-state index is 13.9. The first-order valence-electron chi connectivity index (χ1n) is 8.32. The van der Waals surface area contributed by atoms with Gasteiger partial charge in [0.1, 0.15) is 23.7 Å². The lowest BCUT2D eigenvalue weighted by molar-refractivity contribution is -0.162. The molecular formula is C17H17F2N3O3. The van der Waals surface area contributed by atoms with Gasteiger partial charge in [-0.25, -0.2) is 8.78 Å². The molecule has 3 aliphatic heterocycles. The van der Waals surface area contributed by atoms with Crippen molar-refractivity contribution in [2.75, 3.05) is 26.2 Å². The second-order valence-electron chi connectivity index (χ2n) is 6.61.